The topological polar surface area (TPSA) is 111 Å². The van der Waals surface area contributed by atoms with Crippen LogP contribution in [-0.4, -0.2) is 77.0 Å². The lowest BCUT2D eigenvalue weighted by atomic mass is 9.98. The van der Waals surface area contributed by atoms with Crippen molar-refractivity contribution in [1.82, 2.24) is 25.2 Å². The van der Waals surface area contributed by atoms with E-state index in [9.17, 15) is 8.78 Å². The van der Waals surface area contributed by atoms with Crippen LogP contribution in [0.2, 0.25) is 0 Å². The van der Waals surface area contributed by atoms with Crippen molar-refractivity contribution in [2.24, 2.45) is 0 Å². The highest BCUT2D eigenvalue weighted by molar-refractivity contribution is 6.31. The summed E-state index contributed by atoms with van der Waals surface area (Å²) in [6.07, 6.45) is 2.85. The molecule has 4 heterocycles. The summed E-state index contributed by atoms with van der Waals surface area (Å²) in [5, 5.41) is 13.8. The summed E-state index contributed by atoms with van der Waals surface area (Å²) in [5.41, 5.74) is 0.605. The number of likely N-dealkylation sites (tertiary alicyclic amines) is 1. The van der Waals surface area contributed by atoms with Crippen molar-refractivity contribution < 1.29 is 18.3 Å². The molecular weight excluding hydrogens is 432 g/mol. The summed E-state index contributed by atoms with van der Waals surface area (Å²) in [6, 6.07) is 0.687. The Kier molecular flexibility index (Phi) is 6.26. The van der Waals surface area contributed by atoms with Gasteiger partial charge < -0.3 is 30.5 Å². The molecule has 0 radical (unpaired) electrons. The normalized spacial score (nSPS) is 22.5. The van der Waals surface area contributed by atoms with E-state index < -0.39 is 12.0 Å². The second-order valence-corrected chi connectivity index (χ2v) is 7.81. The minimum absolute atomic E-state index is 0.0521. The predicted molar refractivity (Wildman–Crippen MR) is 113 cm³/mol. The van der Waals surface area contributed by atoms with Crippen molar-refractivity contribution in [3.05, 3.63) is 23.1 Å². The molecule has 4 rings (SSSR count). The quantitative estimate of drug-likeness (QED) is 0.357. The van der Waals surface area contributed by atoms with Crippen molar-refractivity contribution in [3.8, 4) is 5.88 Å². The van der Waals surface area contributed by atoms with Crippen LogP contribution >= 0.6 is 11.6 Å². The molecule has 2 aromatic heterocycles. The Morgan fingerprint density at radius 1 is 1.48 bits per heavy atom. The molecule has 4 N–H and O–H groups in total. The van der Waals surface area contributed by atoms with Crippen molar-refractivity contribution in [1.29, 1.82) is 5.41 Å². The van der Waals surface area contributed by atoms with Crippen LogP contribution in [0.25, 0.3) is 11.0 Å². The molecular formula is C19H24ClF2N7O2. The van der Waals surface area contributed by atoms with E-state index in [0.717, 1.165) is 6.21 Å². The smallest absolute Gasteiger partial charge is 0.280 e. The van der Waals surface area contributed by atoms with E-state index in [1.165, 1.54) is 0 Å². The van der Waals surface area contributed by atoms with E-state index >= 15 is 0 Å². The molecule has 0 aliphatic carbocycles. The molecule has 2 saturated heterocycles. The number of fused-ring (bicyclic) bond motifs is 1. The average molecular weight is 456 g/mol. The first kappa shape index (κ1) is 21.7. The third kappa shape index (κ3) is 4.58. The third-order valence-corrected chi connectivity index (χ3v) is 5.67. The Morgan fingerprint density at radius 2 is 2.29 bits per heavy atom. The molecule has 9 nitrogen and oxygen atoms in total. The summed E-state index contributed by atoms with van der Waals surface area (Å²) in [5.74, 6) is -2.49. The molecule has 0 bridgehead atoms. The fourth-order valence-corrected chi connectivity index (χ4v) is 3.84. The average Bonchev–Trinajstić information content (AvgIpc) is 3.15. The number of aromatic amines is 1. The molecule has 2 aliphatic heterocycles. The molecule has 0 amide bonds. The summed E-state index contributed by atoms with van der Waals surface area (Å²) < 4.78 is 40.1. The van der Waals surface area contributed by atoms with Crippen LogP contribution in [0, 0.1) is 5.41 Å². The first-order valence-corrected chi connectivity index (χ1v) is 10.4. The molecule has 12 heteroatoms. The van der Waals surface area contributed by atoms with Crippen molar-refractivity contribution in [2.75, 3.05) is 38.2 Å². The molecule has 168 valence electrons. The number of ether oxygens (including phenoxy) is 2. The Balaban J connectivity index is 1.49. The fourth-order valence-electron chi connectivity index (χ4n) is 3.61. The van der Waals surface area contributed by atoms with Gasteiger partial charge >= 0.3 is 0 Å². The molecule has 2 aromatic rings. The van der Waals surface area contributed by atoms with Gasteiger partial charge in [0.2, 0.25) is 11.8 Å². The minimum atomic E-state index is -2.98. The number of nitrogens with zero attached hydrogens (tertiary/aromatic N) is 3. The number of piperidine rings is 1. The second-order valence-electron chi connectivity index (χ2n) is 7.43. The molecule has 2 aliphatic rings. The summed E-state index contributed by atoms with van der Waals surface area (Å²) in [6.45, 7) is 3.38. The molecule has 0 spiro atoms. The van der Waals surface area contributed by atoms with Gasteiger partial charge in [-0.3, -0.25) is 4.90 Å². The van der Waals surface area contributed by atoms with Gasteiger partial charge in [0, 0.05) is 19.0 Å². The first-order valence-electron chi connectivity index (χ1n) is 10.0. The van der Waals surface area contributed by atoms with Gasteiger partial charge in [-0.2, -0.15) is 9.97 Å². The number of hydrogen-bond donors (Lipinski definition) is 4. The highest BCUT2D eigenvalue weighted by Gasteiger charge is 2.47. The fraction of sp³-hybridized carbons (Fsp3) is 0.526. The number of alkyl halides is 2. The molecule has 1 atom stereocenters. The zero-order chi connectivity index (χ0) is 22.0. The number of anilines is 1. The Bertz CT molecular complexity index is 979. The van der Waals surface area contributed by atoms with E-state index in [4.69, 9.17) is 26.5 Å². The van der Waals surface area contributed by atoms with Crippen LogP contribution < -0.4 is 15.4 Å². The van der Waals surface area contributed by atoms with E-state index in [0.29, 0.717) is 43.3 Å². The van der Waals surface area contributed by atoms with Gasteiger partial charge in [0.05, 0.1) is 49.5 Å². The van der Waals surface area contributed by atoms with Crippen molar-refractivity contribution in [2.45, 2.75) is 31.4 Å². The van der Waals surface area contributed by atoms with Crippen LogP contribution in [0.4, 0.5) is 14.7 Å². The highest BCUT2D eigenvalue weighted by Crippen LogP contribution is 2.31. The molecule has 0 aromatic carbocycles. The zero-order valence-electron chi connectivity index (χ0n) is 16.9. The number of allylic oxidation sites excluding steroid dienone is 1. The monoisotopic (exact) mass is 455 g/mol. The maximum absolute atomic E-state index is 14.7. The van der Waals surface area contributed by atoms with E-state index in [1.807, 2.05) is 6.92 Å². The zero-order valence-corrected chi connectivity index (χ0v) is 17.7. The number of nitrogens with one attached hydrogen (secondary N) is 4. The predicted octanol–water partition coefficient (Wildman–Crippen LogP) is 2.52. The highest BCUT2D eigenvalue weighted by atomic mass is 35.5. The van der Waals surface area contributed by atoms with Crippen LogP contribution in [0.15, 0.2) is 23.1 Å². The number of H-pyrrole nitrogens is 1. The maximum Gasteiger partial charge on any atom is 0.280 e. The molecule has 0 saturated carbocycles. The van der Waals surface area contributed by atoms with Crippen LogP contribution in [0.5, 0.6) is 5.88 Å². The standard InChI is InChI=1S/C19H24ClF2N7O2/c1-2-31-17-12-3-5-24-16(12)27-18(28-17)25-13(7-23)15(20)26-14-4-6-29(10-19(14,21)22)11-8-30-9-11/h3,5,7,11,14,23,26H,2,4,6,8-10H2,1H3,(H2,24,25,27,28)/b15-13+,23-7?. The number of hydrogen-bond acceptors (Lipinski definition) is 8. The SMILES string of the molecule is CCOc1nc(N/C(C=N)=C(\Cl)NC2CCN(C3COC3)CC2(F)F)nc2[nH]ccc12. The molecule has 1 unspecified atom stereocenters. The van der Waals surface area contributed by atoms with E-state index in [-0.39, 0.29) is 35.8 Å². The number of rotatable bonds is 8. The largest absolute Gasteiger partial charge is 0.477 e. The summed E-state index contributed by atoms with van der Waals surface area (Å²) in [4.78, 5) is 13.3. The van der Waals surface area contributed by atoms with Gasteiger partial charge in [-0.05, 0) is 19.4 Å². The molecule has 2 fully saturated rings. The van der Waals surface area contributed by atoms with Gasteiger partial charge in [-0.15, -0.1) is 0 Å². The Labute approximate surface area is 182 Å². The van der Waals surface area contributed by atoms with Crippen molar-refractivity contribution in [3.63, 3.8) is 0 Å². The van der Waals surface area contributed by atoms with E-state index in [2.05, 4.69) is 25.6 Å². The van der Waals surface area contributed by atoms with Gasteiger partial charge in [0.25, 0.3) is 5.92 Å². The number of aromatic nitrogens is 3. The minimum Gasteiger partial charge on any atom is -0.477 e. The second kappa shape index (κ2) is 8.93. The third-order valence-electron chi connectivity index (χ3n) is 5.36. The van der Waals surface area contributed by atoms with Crippen LogP contribution in [0.3, 0.4) is 0 Å². The molecule has 31 heavy (non-hydrogen) atoms. The van der Waals surface area contributed by atoms with Gasteiger partial charge in [0.15, 0.2) is 0 Å². The lowest BCUT2D eigenvalue weighted by Crippen LogP contribution is -2.62. The summed E-state index contributed by atoms with van der Waals surface area (Å²) >= 11 is 6.29. The summed E-state index contributed by atoms with van der Waals surface area (Å²) in [7, 11) is 0. The lowest BCUT2D eigenvalue weighted by molar-refractivity contribution is -0.138. The number of halogens is 3. The Morgan fingerprint density at radius 3 is 2.94 bits per heavy atom. The van der Waals surface area contributed by atoms with Gasteiger partial charge in [0.1, 0.15) is 10.8 Å². The van der Waals surface area contributed by atoms with Gasteiger partial charge in [-0.25, -0.2) is 8.78 Å². The van der Waals surface area contributed by atoms with Crippen molar-refractivity contribution >= 4 is 34.8 Å². The van der Waals surface area contributed by atoms with Gasteiger partial charge in [-0.1, -0.05) is 11.6 Å². The maximum atomic E-state index is 14.7. The van der Waals surface area contributed by atoms with E-state index in [1.54, 1.807) is 17.2 Å². The Hall–Kier alpha value is -2.50. The first-order chi connectivity index (χ1) is 14.9. The van der Waals surface area contributed by atoms with Crippen LogP contribution in [0.1, 0.15) is 13.3 Å². The van der Waals surface area contributed by atoms with Crippen LogP contribution in [-0.2, 0) is 4.74 Å². The lowest BCUT2D eigenvalue weighted by Gasteiger charge is -2.45.